The van der Waals surface area contributed by atoms with Gasteiger partial charge in [-0.1, -0.05) is 6.58 Å². The minimum Gasteiger partial charge on any atom is -0.374 e. The van der Waals surface area contributed by atoms with Crippen LogP contribution in [0.3, 0.4) is 0 Å². The Hall–Kier alpha value is -1.99. The van der Waals surface area contributed by atoms with Gasteiger partial charge in [0.2, 0.25) is 0 Å². The van der Waals surface area contributed by atoms with E-state index in [9.17, 15) is 4.79 Å². The first-order valence-corrected chi connectivity index (χ1v) is 6.07. The van der Waals surface area contributed by atoms with Gasteiger partial charge in [-0.15, -0.1) is 11.3 Å². The summed E-state index contributed by atoms with van der Waals surface area (Å²) in [6.45, 7) is 3.25. The molecule has 0 saturated heterocycles. The third kappa shape index (κ3) is 1.28. The Kier molecular flexibility index (Phi) is 2.32. The number of aliphatic hydroxyl groups excluding tert-OH is 1. The lowest BCUT2D eigenvalue weighted by atomic mass is 10.4. The van der Waals surface area contributed by atoms with Crippen molar-refractivity contribution in [2.24, 2.45) is 7.05 Å². The molecule has 0 aliphatic carbocycles. The molecule has 3 rings (SSSR count). The van der Waals surface area contributed by atoms with Crippen molar-refractivity contribution in [3.05, 3.63) is 28.1 Å². The molecule has 3 heterocycles. The van der Waals surface area contributed by atoms with Crippen molar-refractivity contribution in [3.8, 4) is 0 Å². The second-order valence-corrected chi connectivity index (χ2v) is 4.85. The topological polar surface area (TPSA) is 72.9 Å². The van der Waals surface area contributed by atoms with Crippen molar-refractivity contribution < 1.29 is 5.11 Å². The van der Waals surface area contributed by atoms with E-state index in [4.69, 9.17) is 5.11 Å². The zero-order chi connectivity index (χ0) is 12.9. The van der Waals surface area contributed by atoms with E-state index in [1.165, 1.54) is 11.3 Å². The van der Waals surface area contributed by atoms with Gasteiger partial charge in [0, 0.05) is 12.4 Å². The summed E-state index contributed by atoms with van der Waals surface area (Å²) in [7, 11) is 1.78. The number of rotatable bonds is 2. The molecule has 0 atom stereocenters. The molecule has 0 fully saturated rings. The molecule has 0 bridgehead atoms. The van der Waals surface area contributed by atoms with Crippen LogP contribution in [0.4, 0.5) is 0 Å². The normalized spacial score (nSPS) is 11.4. The van der Waals surface area contributed by atoms with Crippen LogP contribution in [0.1, 0.15) is 5.01 Å². The third-order valence-electron chi connectivity index (χ3n) is 2.85. The molecule has 0 aliphatic heterocycles. The predicted octanol–water partition coefficient (Wildman–Crippen LogP) is 0.937. The fraction of sp³-hybridized carbons (Fsp3) is 0.182. The molecule has 6 nitrogen and oxygen atoms in total. The van der Waals surface area contributed by atoms with Crippen molar-refractivity contribution >= 4 is 38.7 Å². The Bertz CT molecular complexity index is 827. The molecule has 18 heavy (non-hydrogen) atoms. The Labute approximate surface area is 105 Å². The molecular formula is C11H10N4O2S. The van der Waals surface area contributed by atoms with E-state index in [-0.39, 0.29) is 5.56 Å². The van der Waals surface area contributed by atoms with Crippen LogP contribution in [0.5, 0.6) is 0 Å². The summed E-state index contributed by atoms with van der Waals surface area (Å²) in [6, 6.07) is 0. The maximum Gasteiger partial charge on any atom is 0.293 e. The van der Waals surface area contributed by atoms with Gasteiger partial charge in [-0.2, -0.15) is 5.10 Å². The highest BCUT2D eigenvalue weighted by molar-refractivity contribution is 7.20. The van der Waals surface area contributed by atoms with Crippen molar-refractivity contribution in [1.29, 1.82) is 0 Å². The Balaban J connectivity index is 2.53. The fourth-order valence-electron chi connectivity index (χ4n) is 1.99. The first-order valence-electron chi connectivity index (χ1n) is 5.25. The van der Waals surface area contributed by atoms with Gasteiger partial charge in [0.15, 0.2) is 5.65 Å². The maximum absolute atomic E-state index is 12.1. The summed E-state index contributed by atoms with van der Waals surface area (Å²) in [5.74, 6) is 0. The molecule has 0 radical (unpaired) electrons. The number of thiazole rings is 1. The number of aryl methyl sites for hydroxylation is 1. The largest absolute Gasteiger partial charge is 0.374 e. The van der Waals surface area contributed by atoms with Crippen molar-refractivity contribution in [1.82, 2.24) is 19.3 Å². The van der Waals surface area contributed by atoms with Crippen LogP contribution in [0.15, 0.2) is 17.6 Å². The molecule has 0 spiro atoms. The van der Waals surface area contributed by atoms with E-state index in [1.807, 2.05) is 0 Å². The second-order valence-electron chi connectivity index (χ2n) is 3.82. The van der Waals surface area contributed by atoms with E-state index < -0.39 is 6.73 Å². The molecule has 0 aliphatic rings. The lowest BCUT2D eigenvalue weighted by Crippen LogP contribution is -2.23. The maximum atomic E-state index is 12.1. The van der Waals surface area contributed by atoms with E-state index in [0.717, 1.165) is 25.4 Å². The van der Waals surface area contributed by atoms with Crippen molar-refractivity contribution in [3.63, 3.8) is 0 Å². The fourth-order valence-corrected chi connectivity index (χ4v) is 2.95. The Morgan fingerprint density at radius 3 is 3.06 bits per heavy atom. The van der Waals surface area contributed by atoms with E-state index in [2.05, 4.69) is 16.7 Å². The first kappa shape index (κ1) is 11.1. The quantitative estimate of drug-likeness (QED) is 0.746. The van der Waals surface area contributed by atoms with Crippen LogP contribution in [0.2, 0.25) is 0 Å². The zero-order valence-corrected chi connectivity index (χ0v) is 10.4. The van der Waals surface area contributed by atoms with Crippen LogP contribution in [-0.4, -0.2) is 24.4 Å². The average Bonchev–Trinajstić information content (AvgIpc) is 2.90. The van der Waals surface area contributed by atoms with Gasteiger partial charge in [0.05, 0.1) is 10.9 Å². The SMILES string of the molecule is C=Cc1nc2c(s1)c1cnn(CO)c(=O)c1n2C. The highest BCUT2D eigenvalue weighted by Crippen LogP contribution is 2.30. The molecular weight excluding hydrogens is 252 g/mol. The predicted molar refractivity (Wildman–Crippen MR) is 70.5 cm³/mol. The number of hydrogen-bond donors (Lipinski definition) is 1. The summed E-state index contributed by atoms with van der Waals surface area (Å²) in [6.07, 6.45) is 3.26. The van der Waals surface area contributed by atoms with Crippen LogP contribution >= 0.6 is 11.3 Å². The standard InChI is InChI=1S/C11H10N4O2S/c1-3-7-13-10-9(18-7)6-4-12-15(5-16)11(17)8(6)14(10)2/h3-4,16H,1,5H2,2H3. The lowest BCUT2D eigenvalue weighted by molar-refractivity contribution is 0.189. The van der Waals surface area contributed by atoms with E-state index in [1.54, 1.807) is 23.9 Å². The summed E-state index contributed by atoms with van der Waals surface area (Å²) >= 11 is 1.47. The molecule has 3 aromatic rings. The minimum absolute atomic E-state index is 0.317. The molecule has 7 heteroatoms. The number of aliphatic hydroxyl groups is 1. The van der Waals surface area contributed by atoms with Crippen LogP contribution in [-0.2, 0) is 13.8 Å². The number of aromatic nitrogens is 4. The number of hydrogen-bond acceptors (Lipinski definition) is 5. The third-order valence-corrected chi connectivity index (χ3v) is 3.92. The molecule has 0 unspecified atom stereocenters. The molecule has 0 amide bonds. The average molecular weight is 262 g/mol. The summed E-state index contributed by atoms with van der Waals surface area (Å²) < 4.78 is 3.65. The molecule has 0 saturated carbocycles. The highest BCUT2D eigenvalue weighted by Gasteiger charge is 2.16. The van der Waals surface area contributed by atoms with Crippen LogP contribution < -0.4 is 5.56 Å². The lowest BCUT2D eigenvalue weighted by Gasteiger charge is -2.00. The van der Waals surface area contributed by atoms with Gasteiger partial charge >= 0.3 is 0 Å². The van der Waals surface area contributed by atoms with E-state index in [0.29, 0.717) is 5.52 Å². The Morgan fingerprint density at radius 1 is 1.61 bits per heavy atom. The molecule has 0 aromatic carbocycles. The molecule has 1 N–H and O–H groups in total. The van der Waals surface area contributed by atoms with Gasteiger partial charge in [0.25, 0.3) is 5.56 Å². The number of nitrogens with zero attached hydrogens (tertiary/aromatic N) is 4. The van der Waals surface area contributed by atoms with Gasteiger partial charge < -0.3 is 9.67 Å². The minimum atomic E-state index is -0.432. The zero-order valence-electron chi connectivity index (χ0n) is 9.62. The van der Waals surface area contributed by atoms with Crippen LogP contribution in [0.25, 0.3) is 27.3 Å². The summed E-state index contributed by atoms with van der Waals surface area (Å²) in [5, 5.41) is 14.5. The smallest absolute Gasteiger partial charge is 0.293 e. The van der Waals surface area contributed by atoms with Gasteiger partial charge in [-0.3, -0.25) is 4.79 Å². The van der Waals surface area contributed by atoms with Gasteiger partial charge in [-0.25, -0.2) is 9.67 Å². The van der Waals surface area contributed by atoms with Crippen LogP contribution in [0, 0.1) is 0 Å². The molecule has 3 aromatic heterocycles. The number of fused-ring (bicyclic) bond motifs is 3. The second kappa shape index (κ2) is 3.76. The monoisotopic (exact) mass is 262 g/mol. The first-order chi connectivity index (χ1) is 8.67. The summed E-state index contributed by atoms with van der Waals surface area (Å²) in [4.78, 5) is 16.5. The van der Waals surface area contributed by atoms with Gasteiger partial charge in [0.1, 0.15) is 17.3 Å². The molecule has 92 valence electrons. The van der Waals surface area contributed by atoms with E-state index >= 15 is 0 Å². The van der Waals surface area contributed by atoms with Crippen molar-refractivity contribution in [2.75, 3.05) is 0 Å². The highest BCUT2D eigenvalue weighted by atomic mass is 32.1. The van der Waals surface area contributed by atoms with Crippen molar-refractivity contribution in [2.45, 2.75) is 6.73 Å². The van der Waals surface area contributed by atoms with Gasteiger partial charge in [-0.05, 0) is 6.08 Å². The summed E-state index contributed by atoms with van der Waals surface area (Å²) in [5.41, 5.74) is 0.922. The Morgan fingerprint density at radius 2 is 2.39 bits per heavy atom.